The van der Waals surface area contributed by atoms with Gasteiger partial charge in [-0.15, -0.1) is 0 Å². The van der Waals surface area contributed by atoms with E-state index in [1.54, 1.807) is 0 Å². The number of hydrogen-bond donors (Lipinski definition) is 2. The van der Waals surface area contributed by atoms with Gasteiger partial charge in [0.05, 0.1) is 6.54 Å². The van der Waals surface area contributed by atoms with Gasteiger partial charge in [-0.2, -0.15) is 0 Å². The summed E-state index contributed by atoms with van der Waals surface area (Å²) >= 11 is 0. The van der Waals surface area contributed by atoms with E-state index in [9.17, 15) is 14.4 Å². The van der Waals surface area contributed by atoms with E-state index in [4.69, 9.17) is 5.11 Å². The van der Waals surface area contributed by atoms with E-state index in [0.29, 0.717) is 12.8 Å². The number of amides is 2. The van der Waals surface area contributed by atoms with Crippen molar-refractivity contribution in [3.63, 3.8) is 0 Å². The lowest BCUT2D eigenvalue weighted by Crippen LogP contribution is -2.43. The van der Waals surface area contributed by atoms with Crippen molar-refractivity contribution in [2.24, 2.45) is 0 Å². The van der Waals surface area contributed by atoms with E-state index in [1.165, 1.54) is 10.5 Å². The van der Waals surface area contributed by atoms with Gasteiger partial charge in [0.15, 0.2) is 0 Å². The second-order valence-electron chi connectivity index (χ2n) is 5.91. The first-order valence-corrected chi connectivity index (χ1v) is 7.79. The minimum atomic E-state index is -1.03. The Labute approximate surface area is 135 Å². The van der Waals surface area contributed by atoms with Gasteiger partial charge in [-0.1, -0.05) is 29.8 Å². The lowest BCUT2D eigenvalue weighted by molar-refractivity contribution is -0.144. The van der Waals surface area contributed by atoms with Crippen LogP contribution < -0.4 is 5.32 Å². The molecule has 0 atom stereocenters. The maximum atomic E-state index is 12.0. The summed E-state index contributed by atoms with van der Waals surface area (Å²) in [5, 5.41) is 11.4. The highest BCUT2D eigenvalue weighted by Crippen LogP contribution is 2.26. The molecule has 2 rings (SSSR count). The molecular formula is C17H22N2O4. The molecule has 0 aromatic heterocycles. The SMILES string of the molecule is Cc1ccc(CCC(=O)NCC(=O)N(CC(=O)O)C2CC2)cc1. The number of hydrogen-bond acceptors (Lipinski definition) is 3. The van der Waals surface area contributed by atoms with E-state index in [2.05, 4.69) is 5.32 Å². The molecule has 1 aliphatic carbocycles. The fourth-order valence-corrected chi connectivity index (χ4v) is 2.33. The van der Waals surface area contributed by atoms with Crippen LogP contribution in [0.4, 0.5) is 0 Å². The van der Waals surface area contributed by atoms with Crippen molar-refractivity contribution in [2.45, 2.75) is 38.6 Å². The van der Waals surface area contributed by atoms with Crippen molar-refractivity contribution in [2.75, 3.05) is 13.1 Å². The third-order valence-electron chi connectivity index (χ3n) is 3.81. The molecule has 0 saturated heterocycles. The predicted molar refractivity (Wildman–Crippen MR) is 84.9 cm³/mol. The average Bonchev–Trinajstić information content (AvgIpc) is 3.34. The molecular weight excluding hydrogens is 296 g/mol. The molecule has 6 heteroatoms. The maximum Gasteiger partial charge on any atom is 0.323 e. The molecule has 6 nitrogen and oxygen atoms in total. The summed E-state index contributed by atoms with van der Waals surface area (Å²) in [6.45, 7) is 1.56. The maximum absolute atomic E-state index is 12.0. The summed E-state index contributed by atoms with van der Waals surface area (Å²) in [6, 6.07) is 7.97. The lowest BCUT2D eigenvalue weighted by atomic mass is 10.1. The van der Waals surface area contributed by atoms with Crippen LogP contribution in [0.15, 0.2) is 24.3 Å². The highest BCUT2D eigenvalue weighted by Gasteiger charge is 2.33. The number of carboxylic acid groups (broad SMARTS) is 1. The van der Waals surface area contributed by atoms with E-state index in [1.807, 2.05) is 31.2 Å². The number of aliphatic carboxylic acids is 1. The summed E-state index contributed by atoms with van der Waals surface area (Å²) in [5.74, 6) is -1.57. The monoisotopic (exact) mass is 318 g/mol. The van der Waals surface area contributed by atoms with Gasteiger partial charge in [0, 0.05) is 12.5 Å². The van der Waals surface area contributed by atoms with Gasteiger partial charge >= 0.3 is 5.97 Å². The third kappa shape index (κ3) is 5.73. The Morgan fingerprint density at radius 2 is 1.87 bits per heavy atom. The molecule has 1 fully saturated rings. The molecule has 1 saturated carbocycles. The smallest absolute Gasteiger partial charge is 0.323 e. The van der Waals surface area contributed by atoms with Crippen LogP contribution in [-0.2, 0) is 20.8 Å². The van der Waals surface area contributed by atoms with E-state index in [0.717, 1.165) is 18.4 Å². The number of rotatable bonds is 8. The van der Waals surface area contributed by atoms with Gasteiger partial charge in [-0.25, -0.2) is 0 Å². The van der Waals surface area contributed by atoms with Crippen molar-refractivity contribution in [1.29, 1.82) is 0 Å². The van der Waals surface area contributed by atoms with Crippen LogP contribution in [0.2, 0.25) is 0 Å². The fourth-order valence-electron chi connectivity index (χ4n) is 2.33. The number of benzene rings is 1. The molecule has 2 N–H and O–H groups in total. The topological polar surface area (TPSA) is 86.7 Å². The first-order chi connectivity index (χ1) is 11.0. The van der Waals surface area contributed by atoms with Gasteiger partial charge in [0.2, 0.25) is 11.8 Å². The molecule has 0 spiro atoms. The van der Waals surface area contributed by atoms with Crippen molar-refractivity contribution in [3.05, 3.63) is 35.4 Å². The summed E-state index contributed by atoms with van der Waals surface area (Å²) in [7, 11) is 0. The van der Waals surface area contributed by atoms with Crippen molar-refractivity contribution in [3.8, 4) is 0 Å². The molecule has 0 radical (unpaired) electrons. The summed E-state index contributed by atoms with van der Waals surface area (Å²) in [6.07, 6.45) is 2.58. The van der Waals surface area contributed by atoms with Crippen LogP contribution in [0, 0.1) is 6.92 Å². The predicted octanol–water partition coefficient (Wildman–Crippen LogP) is 1.12. The van der Waals surface area contributed by atoms with E-state index >= 15 is 0 Å². The second-order valence-corrected chi connectivity index (χ2v) is 5.91. The Hall–Kier alpha value is -2.37. The molecule has 0 heterocycles. The standard InChI is InChI=1S/C17H22N2O4/c1-12-2-4-13(5-3-12)6-9-15(20)18-10-16(21)19(11-17(22)23)14-7-8-14/h2-5,14H,6-11H2,1H3,(H,18,20)(H,22,23). The highest BCUT2D eigenvalue weighted by molar-refractivity contribution is 5.87. The highest BCUT2D eigenvalue weighted by atomic mass is 16.4. The first kappa shape index (κ1) is 17.0. The fraction of sp³-hybridized carbons (Fsp3) is 0.471. The van der Waals surface area contributed by atoms with Crippen molar-refractivity contribution >= 4 is 17.8 Å². The number of carbonyl (C=O) groups excluding carboxylic acids is 2. The Morgan fingerprint density at radius 3 is 2.43 bits per heavy atom. The Bertz CT molecular complexity index is 579. The normalized spacial score (nSPS) is 13.4. The van der Waals surface area contributed by atoms with Gasteiger partial charge in [-0.3, -0.25) is 14.4 Å². The number of nitrogens with zero attached hydrogens (tertiary/aromatic N) is 1. The molecule has 1 aromatic rings. The lowest BCUT2D eigenvalue weighted by Gasteiger charge is -2.20. The van der Waals surface area contributed by atoms with Crippen molar-refractivity contribution < 1.29 is 19.5 Å². The molecule has 0 aliphatic heterocycles. The van der Waals surface area contributed by atoms with Gasteiger partial charge < -0.3 is 15.3 Å². The molecule has 1 aliphatic rings. The Kier molecular flexibility index (Phi) is 5.73. The molecule has 0 unspecified atom stereocenters. The van der Waals surface area contributed by atoms with Crippen LogP contribution in [0.5, 0.6) is 0 Å². The number of carboxylic acids is 1. The summed E-state index contributed by atoms with van der Waals surface area (Å²) < 4.78 is 0. The summed E-state index contributed by atoms with van der Waals surface area (Å²) in [4.78, 5) is 36.0. The average molecular weight is 318 g/mol. The molecule has 2 amide bonds. The zero-order valence-corrected chi connectivity index (χ0v) is 13.2. The largest absolute Gasteiger partial charge is 0.480 e. The molecule has 23 heavy (non-hydrogen) atoms. The Balaban J connectivity index is 1.73. The molecule has 124 valence electrons. The van der Waals surface area contributed by atoms with Crippen LogP contribution >= 0.6 is 0 Å². The van der Waals surface area contributed by atoms with Crippen LogP contribution in [0.25, 0.3) is 0 Å². The van der Waals surface area contributed by atoms with E-state index < -0.39 is 5.97 Å². The third-order valence-corrected chi connectivity index (χ3v) is 3.81. The van der Waals surface area contributed by atoms with Crippen LogP contribution in [0.3, 0.4) is 0 Å². The number of carbonyl (C=O) groups is 3. The van der Waals surface area contributed by atoms with Crippen LogP contribution in [0.1, 0.15) is 30.4 Å². The van der Waals surface area contributed by atoms with Crippen LogP contribution in [-0.4, -0.2) is 46.9 Å². The van der Waals surface area contributed by atoms with E-state index in [-0.39, 0.29) is 30.9 Å². The minimum absolute atomic E-state index is 0.0167. The quantitative estimate of drug-likeness (QED) is 0.752. The first-order valence-electron chi connectivity index (χ1n) is 7.79. The zero-order chi connectivity index (χ0) is 16.8. The Morgan fingerprint density at radius 1 is 1.22 bits per heavy atom. The minimum Gasteiger partial charge on any atom is -0.480 e. The number of nitrogens with one attached hydrogen (secondary N) is 1. The number of aryl methyl sites for hydroxylation is 2. The molecule has 1 aromatic carbocycles. The summed E-state index contributed by atoms with van der Waals surface area (Å²) in [5.41, 5.74) is 2.24. The van der Waals surface area contributed by atoms with Gasteiger partial charge in [-0.05, 0) is 31.7 Å². The molecule has 0 bridgehead atoms. The van der Waals surface area contributed by atoms with Crippen molar-refractivity contribution in [1.82, 2.24) is 10.2 Å². The van der Waals surface area contributed by atoms with Gasteiger partial charge in [0.1, 0.15) is 6.54 Å². The second kappa shape index (κ2) is 7.76. The zero-order valence-electron chi connectivity index (χ0n) is 13.2. The van der Waals surface area contributed by atoms with Gasteiger partial charge in [0.25, 0.3) is 0 Å².